The highest BCUT2D eigenvalue weighted by molar-refractivity contribution is 5.83. The molecule has 0 radical (unpaired) electrons. The molecule has 0 aromatic carbocycles. The van der Waals surface area contributed by atoms with E-state index in [9.17, 15) is 14.4 Å². The van der Waals surface area contributed by atoms with Gasteiger partial charge < -0.3 is 21.1 Å². The molecule has 0 saturated heterocycles. The number of nitrogens with one attached hydrogen (secondary N) is 1. The van der Waals surface area contributed by atoms with Crippen LogP contribution in [0.4, 0.5) is 4.79 Å². The lowest BCUT2D eigenvalue weighted by Crippen LogP contribution is -2.53. The highest BCUT2D eigenvalue weighted by Crippen LogP contribution is 2.16. The first-order chi connectivity index (χ1) is 8.61. The van der Waals surface area contributed by atoms with E-state index in [1.54, 1.807) is 7.05 Å². The lowest BCUT2D eigenvalue weighted by Gasteiger charge is -2.35. The molecule has 0 heterocycles. The van der Waals surface area contributed by atoms with Crippen molar-refractivity contribution in [1.29, 1.82) is 0 Å². The van der Waals surface area contributed by atoms with Crippen LogP contribution in [0, 0.1) is 0 Å². The van der Waals surface area contributed by atoms with Crippen LogP contribution in [-0.4, -0.2) is 46.5 Å². The lowest BCUT2D eigenvalue weighted by atomic mass is 10.0. The molecule has 3 amide bonds. The summed E-state index contributed by atoms with van der Waals surface area (Å²) in [6, 6.07) is -1.60. The number of primary amides is 1. The van der Waals surface area contributed by atoms with Gasteiger partial charge >= 0.3 is 12.0 Å². The molecule has 0 bridgehead atoms. The largest absolute Gasteiger partial charge is 0.480 e. The van der Waals surface area contributed by atoms with Crippen LogP contribution in [0.15, 0.2) is 0 Å². The molecule has 19 heavy (non-hydrogen) atoms. The fraction of sp³-hybridized carbons (Fsp3) is 0.750. The Kier molecular flexibility index (Phi) is 6.31. The molecule has 1 atom stereocenters. The minimum atomic E-state index is -1.18. The summed E-state index contributed by atoms with van der Waals surface area (Å²) in [5, 5.41) is 11.4. The Bertz CT molecular complexity index is 355. The summed E-state index contributed by atoms with van der Waals surface area (Å²) in [5.74, 6) is -1.78. The molecule has 0 aromatic rings. The van der Waals surface area contributed by atoms with E-state index < -0.39 is 23.9 Å². The third kappa shape index (κ3) is 5.58. The van der Waals surface area contributed by atoms with E-state index in [1.807, 2.05) is 20.8 Å². The minimum absolute atomic E-state index is 0.0171. The Morgan fingerprint density at radius 1 is 1.37 bits per heavy atom. The van der Waals surface area contributed by atoms with Crippen molar-refractivity contribution in [3.8, 4) is 0 Å². The van der Waals surface area contributed by atoms with Crippen molar-refractivity contribution in [1.82, 2.24) is 10.2 Å². The Morgan fingerprint density at radius 3 is 2.26 bits per heavy atom. The minimum Gasteiger partial charge on any atom is -0.480 e. The molecule has 7 nitrogen and oxygen atoms in total. The van der Waals surface area contributed by atoms with E-state index in [0.717, 1.165) is 6.42 Å². The molecule has 0 aliphatic heterocycles. The fourth-order valence-electron chi connectivity index (χ4n) is 1.30. The molecule has 0 aromatic heterocycles. The van der Waals surface area contributed by atoms with E-state index in [0.29, 0.717) is 0 Å². The molecule has 110 valence electrons. The average molecular weight is 273 g/mol. The van der Waals surface area contributed by atoms with Gasteiger partial charge in [0, 0.05) is 19.0 Å². The van der Waals surface area contributed by atoms with Crippen LogP contribution in [0.25, 0.3) is 0 Å². The first-order valence-electron chi connectivity index (χ1n) is 6.17. The number of carbonyl (C=O) groups excluding carboxylic acids is 2. The van der Waals surface area contributed by atoms with Crippen LogP contribution in [-0.2, 0) is 9.59 Å². The average Bonchev–Trinajstić information content (AvgIpc) is 2.32. The SMILES string of the molecule is CCC(C)(C)N(C)C(=O)N[C@H](CCC(N)=O)C(=O)O. The zero-order valence-electron chi connectivity index (χ0n) is 11.9. The molecule has 4 N–H and O–H groups in total. The van der Waals surface area contributed by atoms with Gasteiger partial charge in [-0.3, -0.25) is 4.79 Å². The number of hydrogen-bond donors (Lipinski definition) is 3. The van der Waals surface area contributed by atoms with Crippen molar-refractivity contribution in [2.24, 2.45) is 5.73 Å². The van der Waals surface area contributed by atoms with Crippen molar-refractivity contribution in [3.05, 3.63) is 0 Å². The van der Waals surface area contributed by atoms with Gasteiger partial charge in [-0.25, -0.2) is 9.59 Å². The molecule has 7 heteroatoms. The maximum absolute atomic E-state index is 11.9. The number of urea groups is 1. The summed E-state index contributed by atoms with van der Waals surface area (Å²) in [4.78, 5) is 35.1. The number of aliphatic carboxylic acids is 1. The first kappa shape index (κ1) is 17.2. The first-order valence-corrected chi connectivity index (χ1v) is 6.17. The van der Waals surface area contributed by atoms with Gasteiger partial charge in [0.15, 0.2) is 0 Å². The molecular formula is C12H23N3O4. The third-order valence-corrected chi connectivity index (χ3v) is 3.35. The number of carboxylic acids is 1. The van der Waals surface area contributed by atoms with Gasteiger partial charge in [-0.1, -0.05) is 6.92 Å². The topological polar surface area (TPSA) is 113 Å². The Hall–Kier alpha value is -1.79. The number of nitrogens with two attached hydrogens (primary N) is 1. The smallest absolute Gasteiger partial charge is 0.326 e. The van der Waals surface area contributed by atoms with Crippen LogP contribution >= 0.6 is 0 Å². The highest BCUT2D eigenvalue weighted by atomic mass is 16.4. The molecule has 0 saturated carbocycles. The second-order valence-corrected chi connectivity index (χ2v) is 5.07. The van der Waals surface area contributed by atoms with Crippen molar-refractivity contribution < 1.29 is 19.5 Å². The maximum atomic E-state index is 11.9. The predicted molar refractivity (Wildman–Crippen MR) is 70.5 cm³/mol. The van der Waals surface area contributed by atoms with Crippen molar-refractivity contribution in [2.75, 3.05) is 7.05 Å². The van der Waals surface area contributed by atoms with Gasteiger partial charge in [0.25, 0.3) is 0 Å². The van der Waals surface area contributed by atoms with Crippen LogP contribution in [0.1, 0.15) is 40.0 Å². The van der Waals surface area contributed by atoms with Crippen molar-refractivity contribution >= 4 is 17.9 Å². The van der Waals surface area contributed by atoms with E-state index in [2.05, 4.69) is 5.32 Å². The van der Waals surface area contributed by atoms with Crippen LogP contribution in [0.5, 0.6) is 0 Å². The monoisotopic (exact) mass is 273 g/mol. The summed E-state index contributed by atoms with van der Waals surface area (Å²) in [6.07, 6.45) is 0.630. The number of carbonyl (C=O) groups is 3. The van der Waals surface area contributed by atoms with E-state index in [1.165, 1.54) is 4.90 Å². The number of rotatable bonds is 7. The van der Waals surface area contributed by atoms with Gasteiger partial charge in [-0.2, -0.15) is 0 Å². The zero-order chi connectivity index (χ0) is 15.2. The summed E-state index contributed by atoms with van der Waals surface area (Å²) in [6.45, 7) is 5.70. The number of hydrogen-bond acceptors (Lipinski definition) is 3. The number of amides is 3. The van der Waals surface area contributed by atoms with Crippen LogP contribution in [0.3, 0.4) is 0 Å². The molecule has 0 fully saturated rings. The summed E-state index contributed by atoms with van der Waals surface area (Å²) >= 11 is 0. The summed E-state index contributed by atoms with van der Waals surface area (Å²) in [7, 11) is 1.60. The van der Waals surface area contributed by atoms with Crippen LogP contribution in [0.2, 0.25) is 0 Å². The number of nitrogens with zero attached hydrogens (tertiary/aromatic N) is 1. The van der Waals surface area contributed by atoms with Gasteiger partial charge in [0.1, 0.15) is 6.04 Å². The van der Waals surface area contributed by atoms with Gasteiger partial charge in [-0.15, -0.1) is 0 Å². The summed E-state index contributed by atoms with van der Waals surface area (Å²) < 4.78 is 0. The Morgan fingerprint density at radius 2 is 1.89 bits per heavy atom. The van der Waals surface area contributed by atoms with Crippen molar-refractivity contribution in [3.63, 3.8) is 0 Å². The zero-order valence-corrected chi connectivity index (χ0v) is 11.9. The quantitative estimate of drug-likeness (QED) is 0.628. The molecular weight excluding hydrogens is 250 g/mol. The molecule has 0 aliphatic carbocycles. The number of carboxylic acid groups (broad SMARTS) is 1. The molecule has 0 unspecified atom stereocenters. The van der Waals surface area contributed by atoms with Gasteiger partial charge in [0.2, 0.25) is 5.91 Å². The summed E-state index contributed by atoms with van der Waals surface area (Å²) in [5.41, 5.74) is 4.59. The Labute approximate surface area is 113 Å². The standard InChI is InChI=1S/C12H23N3O4/c1-5-12(2,3)15(4)11(19)14-8(10(17)18)6-7-9(13)16/h8H,5-7H2,1-4H3,(H2,13,16)(H,14,19)(H,17,18)/t8-/m1/s1. The normalized spacial score (nSPS) is 12.6. The Balaban J connectivity index is 4.64. The molecule has 0 spiro atoms. The van der Waals surface area contributed by atoms with E-state index >= 15 is 0 Å². The molecule has 0 aliphatic rings. The maximum Gasteiger partial charge on any atom is 0.326 e. The van der Waals surface area contributed by atoms with Crippen LogP contribution < -0.4 is 11.1 Å². The van der Waals surface area contributed by atoms with Crippen molar-refractivity contribution in [2.45, 2.75) is 51.6 Å². The predicted octanol–water partition coefficient (Wildman–Crippen LogP) is 0.535. The van der Waals surface area contributed by atoms with Gasteiger partial charge in [-0.05, 0) is 26.7 Å². The molecule has 0 rings (SSSR count). The third-order valence-electron chi connectivity index (χ3n) is 3.35. The van der Waals surface area contributed by atoms with E-state index in [-0.39, 0.29) is 18.4 Å². The lowest BCUT2D eigenvalue weighted by molar-refractivity contribution is -0.139. The fourth-order valence-corrected chi connectivity index (χ4v) is 1.30. The second-order valence-electron chi connectivity index (χ2n) is 5.07. The van der Waals surface area contributed by atoms with E-state index in [4.69, 9.17) is 10.8 Å². The van der Waals surface area contributed by atoms with Gasteiger partial charge in [0.05, 0.1) is 0 Å². The second kappa shape index (κ2) is 6.96. The highest BCUT2D eigenvalue weighted by Gasteiger charge is 2.29.